The Bertz CT molecular complexity index is 405. The Labute approximate surface area is 106 Å². The Morgan fingerprint density at radius 2 is 2.17 bits per heavy atom. The normalized spacial score (nSPS) is 14.5. The van der Waals surface area contributed by atoms with Gasteiger partial charge in [-0.25, -0.2) is 4.39 Å². The largest absolute Gasteiger partial charge is 0.381 e. The van der Waals surface area contributed by atoms with Gasteiger partial charge in [-0.3, -0.25) is 4.79 Å². The molecule has 0 heterocycles. The summed E-state index contributed by atoms with van der Waals surface area (Å²) in [7, 11) is 0. The van der Waals surface area contributed by atoms with Crippen LogP contribution >= 0.6 is 0 Å². The number of halogens is 1. The van der Waals surface area contributed by atoms with Gasteiger partial charge in [0.25, 0.3) is 5.91 Å². The fraction of sp³-hybridized carbons (Fsp3) is 0.500. The van der Waals surface area contributed by atoms with Gasteiger partial charge in [0.2, 0.25) is 0 Å². The van der Waals surface area contributed by atoms with Gasteiger partial charge in [-0.1, -0.05) is 12.1 Å². The van der Waals surface area contributed by atoms with Crippen LogP contribution in [0, 0.1) is 11.7 Å². The summed E-state index contributed by atoms with van der Waals surface area (Å²) in [4.78, 5) is 11.6. The van der Waals surface area contributed by atoms with Gasteiger partial charge in [0.1, 0.15) is 5.82 Å². The number of rotatable bonds is 7. The quantitative estimate of drug-likeness (QED) is 0.755. The van der Waals surface area contributed by atoms with Crippen molar-refractivity contribution in [3.63, 3.8) is 0 Å². The van der Waals surface area contributed by atoms with E-state index in [0.29, 0.717) is 13.2 Å². The van der Waals surface area contributed by atoms with Crippen molar-refractivity contribution in [1.29, 1.82) is 0 Å². The van der Waals surface area contributed by atoms with Gasteiger partial charge < -0.3 is 10.1 Å². The van der Waals surface area contributed by atoms with E-state index in [-0.39, 0.29) is 11.5 Å². The number of hydrogen-bond donors (Lipinski definition) is 1. The minimum absolute atomic E-state index is 0.0939. The van der Waals surface area contributed by atoms with Crippen LogP contribution in [0.15, 0.2) is 24.3 Å². The number of carbonyl (C=O) groups excluding carboxylic acids is 1. The van der Waals surface area contributed by atoms with Gasteiger partial charge in [0.15, 0.2) is 0 Å². The van der Waals surface area contributed by atoms with E-state index in [4.69, 9.17) is 4.74 Å². The lowest BCUT2D eigenvalue weighted by Crippen LogP contribution is -2.26. The molecule has 0 radical (unpaired) electrons. The van der Waals surface area contributed by atoms with E-state index in [0.717, 1.165) is 18.9 Å². The van der Waals surface area contributed by atoms with Crippen molar-refractivity contribution in [3.05, 3.63) is 35.6 Å². The van der Waals surface area contributed by atoms with Crippen molar-refractivity contribution < 1.29 is 13.9 Å². The summed E-state index contributed by atoms with van der Waals surface area (Å²) < 4.78 is 18.7. The third-order valence-corrected chi connectivity index (χ3v) is 2.92. The lowest BCUT2D eigenvalue weighted by atomic mass is 10.2. The Morgan fingerprint density at radius 3 is 2.89 bits per heavy atom. The molecule has 4 heteroatoms. The molecule has 98 valence electrons. The maximum atomic E-state index is 13.3. The maximum absolute atomic E-state index is 13.3. The summed E-state index contributed by atoms with van der Waals surface area (Å²) in [6.07, 6.45) is 3.32. The highest BCUT2D eigenvalue weighted by Crippen LogP contribution is 2.28. The molecule has 18 heavy (non-hydrogen) atoms. The van der Waals surface area contributed by atoms with E-state index in [1.54, 1.807) is 12.1 Å². The molecule has 1 N–H and O–H groups in total. The Kier molecular flexibility index (Phi) is 4.70. The highest BCUT2D eigenvalue weighted by atomic mass is 19.1. The molecule has 0 bridgehead atoms. The molecule has 2 rings (SSSR count). The van der Waals surface area contributed by atoms with E-state index in [9.17, 15) is 9.18 Å². The first-order chi connectivity index (χ1) is 8.77. The SMILES string of the molecule is O=C(NCCCOCC1CC1)c1ccccc1F. The molecule has 0 spiro atoms. The van der Waals surface area contributed by atoms with Gasteiger partial charge in [-0.2, -0.15) is 0 Å². The molecule has 0 atom stereocenters. The molecule has 0 aromatic heterocycles. The topological polar surface area (TPSA) is 38.3 Å². The second kappa shape index (κ2) is 6.50. The molecular formula is C14H18FNO2. The molecule has 1 saturated carbocycles. The third-order valence-electron chi connectivity index (χ3n) is 2.92. The zero-order chi connectivity index (χ0) is 12.8. The highest BCUT2D eigenvalue weighted by molar-refractivity contribution is 5.94. The molecule has 1 aliphatic carbocycles. The van der Waals surface area contributed by atoms with Crippen LogP contribution in [0.2, 0.25) is 0 Å². The fourth-order valence-corrected chi connectivity index (χ4v) is 1.65. The monoisotopic (exact) mass is 251 g/mol. The molecule has 1 aromatic rings. The van der Waals surface area contributed by atoms with Gasteiger partial charge in [0.05, 0.1) is 5.56 Å². The third kappa shape index (κ3) is 4.11. The number of benzene rings is 1. The molecule has 1 aromatic carbocycles. The van der Waals surface area contributed by atoms with E-state index in [2.05, 4.69) is 5.32 Å². The van der Waals surface area contributed by atoms with Gasteiger partial charge in [-0.05, 0) is 37.3 Å². The lowest BCUT2D eigenvalue weighted by Gasteiger charge is -2.06. The minimum Gasteiger partial charge on any atom is -0.381 e. The van der Waals surface area contributed by atoms with Crippen LogP contribution in [-0.2, 0) is 4.74 Å². The summed E-state index contributed by atoms with van der Waals surface area (Å²) in [5, 5.41) is 2.68. The number of carbonyl (C=O) groups is 1. The first kappa shape index (κ1) is 13.0. The molecule has 1 aliphatic rings. The zero-order valence-electron chi connectivity index (χ0n) is 10.3. The predicted octanol–water partition coefficient (Wildman–Crippen LogP) is 2.37. The molecule has 1 fully saturated rings. The number of ether oxygens (including phenoxy) is 1. The average Bonchev–Trinajstić information content (AvgIpc) is 3.18. The smallest absolute Gasteiger partial charge is 0.254 e. The Morgan fingerprint density at radius 1 is 1.39 bits per heavy atom. The van der Waals surface area contributed by atoms with Crippen LogP contribution in [0.3, 0.4) is 0 Å². The first-order valence-electron chi connectivity index (χ1n) is 6.38. The number of nitrogens with one attached hydrogen (secondary N) is 1. The van der Waals surface area contributed by atoms with E-state index in [1.807, 2.05) is 0 Å². The van der Waals surface area contributed by atoms with Crippen LogP contribution in [-0.4, -0.2) is 25.7 Å². The van der Waals surface area contributed by atoms with Crippen molar-refractivity contribution in [2.24, 2.45) is 5.92 Å². The van der Waals surface area contributed by atoms with Gasteiger partial charge >= 0.3 is 0 Å². The van der Waals surface area contributed by atoms with Crippen molar-refractivity contribution in [2.75, 3.05) is 19.8 Å². The summed E-state index contributed by atoms with van der Waals surface area (Å²) in [5.41, 5.74) is 0.0939. The second-order valence-corrected chi connectivity index (χ2v) is 4.61. The van der Waals surface area contributed by atoms with Crippen LogP contribution in [0.4, 0.5) is 4.39 Å². The Balaban J connectivity index is 1.60. The summed E-state index contributed by atoms with van der Waals surface area (Å²) in [6.45, 7) is 1.99. The van der Waals surface area contributed by atoms with Crippen LogP contribution in [0.25, 0.3) is 0 Å². The van der Waals surface area contributed by atoms with Gasteiger partial charge in [0, 0.05) is 19.8 Å². The van der Waals surface area contributed by atoms with Crippen LogP contribution in [0.1, 0.15) is 29.6 Å². The standard InChI is InChI=1S/C14H18FNO2/c15-13-5-2-1-4-12(13)14(17)16-8-3-9-18-10-11-6-7-11/h1-2,4-5,11H,3,6-10H2,(H,16,17). The summed E-state index contributed by atoms with van der Waals surface area (Å²) in [5.74, 6) is -0.0896. The minimum atomic E-state index is -0.486. The van der Waals surface area contributed by atoms with Gasteiger partial charge in [-0.15, -0.1) is 0 Å². The predicted molar refractivity (Wildman–Crippen MR) is 66.9 cm³/mol. The van der Waals surface area contributed by atoms with E-state index in [1.165, 1.54) is 25.0 Å². The fourth-order valence-electron chi connectivity index (χ4n) is 1.65. The Hall–Kier alpha value is -1.42. The maximum Gasteiger partial charge on any atom is 0.254 e. The summed E-state index contributed by atoms with van der Waals surface area (Å²) in [6, 6.07) is 5.98. The second-order valence-electron chi connectivity index (χ2n) is 4.61. The zero-order valence-corrected chi connectivity index (χ0v) is 10.3. The number of amides is 1. The molecular weight excluding hydrogens is 233 g/mol. The first-order valence-corrected chi connectivity index (χ1v) is 6.38. The molecule has 3 nitrogen and oxygen atoms in total. The van der Waals surface area contributed by atoms with Crippen molar-refractivity contribution in [1.82, 2.24) is 5.32 Å². The van der Waals surface area contributed by atoms with Crippen molar-refractivity contribution >= 4 is 5.91 Å². The average molecular weight is 251 g/mol. The highest BCUT2D eigenvalue weighted by Gasteiger charge is 2.20. The van der Waals surface area contributed by atoms with Crippen LogP contribution in [0.5, 0.6) is 0 Å². The number of hydrogen-bond acceptors (Lipinski definition) is 2. The summed E-state index contributed by atoms with van der Waals surface area (Å²) >= 11 is 0. The van der Waals surface area contributed by atoms with E-state index >= 15 is 0 Å². The van der Waals surface area contributed by atoms with Crippen molar-refractivity contribution in [3.8, 4) is 0 Å². The van der Waals surface area contributed by atoms with Crippen molar-refractivity contribution in [2.45, 2.75) is 19.3 Å². The molecule has 0 saturated heterocycles. The lowest BCUT2D eigenvalue weighted by molar-refractivity contribution is 0.0933. The van der Waals surface area contributed by atoms with Crippen LogP contribution < -0.4 is 5.32 Å². The molecule has 0 aliphatic heterocycles. The molecule has 0 unspecified atom stereocenters. The van der Waals surface area contributed by atoms with E-state index < -0.39 is 5.82 Å². The molecule has 1 amide bonds.